The summed E-state index contributed by atoms with van der Waals surface area (Å²) in [6.07, 6.45) is -1.51. The van der Waals surface area contributed by atoms with E-state index < -0.39 is 12.7 Å². The quantitative estimate of drug-likeness (QED) is 0.289. The largest absolute Gasteiger partial charge is 0.348 e. The average molecular weight is 587 g/mol. The molecule has 1 fully saturated rings. The van der Waals surface area contributed by atoms with Crippen LogP contribution in [-0.4, -0.2) is 69.0 Å². The van der Waals surface area contributed by atoms with Gasteiger partial charge in [-0.25, -0.2) is 13.2 Å². The Morgan fingerprint density at radius 1 is 1.10 bits per heavy atom. The minimum atomic E-state index is -3.04. The fourth-order valence-corrected chi connectivity index (χ4v) is 6.29. The first-order valence-corrected chi connectivity index (χ1v) is 14.4. The second-order valence-corrected chi connectivity index (χ2v) is 11.4. The lowest BCUT2D eigenvalue weighted by atomic mass is 10.00. The number of nitrogens with zero attached hydrogens (tertiary/aromatic N) is 4. The van der Waals surface area contributed by atoms with Gasteiger partial charge in [-0.3, -0.25) is 24.4 Å². The van der Waals surface area contributed by atoms with Crippen LogP contribution in [0.4, 0.5) is 13.2 Å². The highest BCUT2D eigenvalue weighted by atomic mass is 32.1. The third-order valence-corrected chi connectivity index (χ3v) is 8.74. The molecule has 2 N–H and O–H groups in total. The molecule has 1 amide bonds. The number of H-pyrrole nitrogens is 1. The Morgan fingerprint density at radius 2 is 1.80 bits per heavy atom. The molecular formula is C29H33F3N6O2S. The van der Waals surface area contributed by atoms with E-state index in [4.69, 9.17) is 0 Å². The minimum absolute atomic E-state index is 0.0827. The van der Waals surface area contributed by atoms with Gasteiger partial charge in [0.15, 0.2) is 0 Å². The summed E-state index contributed by atoms with van der Waals surface area (Å²) in [5, 5.41) is 2.92. The van der Waals surface area contributed by atoms with E-state index >= 15 is 0 Å². The van der Waals surface area contributed by atoms with Crippen LogP contribution in [0, 0.1) is 20.8 Å². The predicted molar refractivity (Wildman–Crippen MR) is 153 cm³/mol. The van der Waals surface area contributed by atoms with E-state index in [1.54, 1.807) is 11.7 Å². The van der Waals surface area contributed by atoms with Gasteiger partial charge in [0.25, 0.3) is 17.9 Å². The Labute approximate surface area is 239 Å². The molecule has 0 aromatic carbocycles. The summed E-state index contributed by atoms with van der Waals surface area (Å²) in [7, 11) is 0. The highest BCUT2D eigenvalue weighted by Gasteiger charge is 2.33. The van der Waals surface area contributed by atoms with Crippen LogP contribution in [-0.2, 0) is 6.54 Å². The highest BCUT2D eigenvalue weighted by Crippen LogP contribution is 2.33. The molecule has 1 aliphatic rings. The lowest BCUT2D eigenvalue weighted by Gasteiger charge is -2.39. The zero-order chi connectivity index (χ0) is 29.4. The fourth-order valence-electron chi connectivity index (χ4n) is 5.69. The van der Waals surface area contributed by atoms with E-state index in [0.29, 0.717) is 24.2 Å². The fraction of sp³-hybridized carbons (Fsp3) is 0.414. The van der Waals surface area contributed by atoms with Crippen molar-refractivity contribution < 1.29 is 18.0 Å². The van der Waals surface area contributed by atoms with E-state index in [-0.39, 0.29) is 37.1 Å². The number of aromatic nitrogens is 3. The van der Waals surface area contributed by atoms with Gasteiger partial charge in [0.1, 0.15) is 0 Å². The van der Waals surface area contributed by atoms with Gasteiger partial charge in [-0.05, 0) is 57.0 Å². The number of aryl methyl sites for hydroxylation is 2. The van der Waals surface area contributed by atoms with Crippen molar-refractivity contribution in [2.24, 2.45) is 0 Å². The Morgan fingerprint density at radius 3 is 2.44 bits per heavy atom. The van der Waals surface area contributed by atoms with Gasteiger partial charge < -0.3 is 14.7 Å². The van der Waals surface area contributed by atoms with E-state index in [1.807, 2.05) is 52.1 Å². The standard InChI is InChI=1S/C29H33F3N6O2S/c1-16-9-17(2)35-29(40)23(16)12-34-28(39)22-11-21-10-20(24-13-33-15-41-24)14-38(21)25(18(22)3)19(4)36-5-7-37(8-6-36)27(32)26(30)31/h9-11,13-15,19,26-27H,5-8,12H2,1-4H3,(H,34,39)(H,35,40). The number of rotatable bonds is 8. The zero-order valence-electron chi connectivity index (χ0n) is 23.4. The molecule has 218 valence electrons. The molecule has 0 spiro atoms. The molecular weight excluding hydrogens is 553 g/mol. The Kier molecular flexibility index (Phi) is 8.35. The smallest absolute Gasteiger partial charge is 0.282 e. The van der Waals surface area contributed by atoms with Crippen molar-refractivity contribution in [1.82, 2.24) is 29.5 Å². The first-order valence-electron chi connectivity index (χ1n) is 13.5. The molecule has 5 heterocycles. The maximum absolute atomic E-state index is 14.0. The molecule has 0 aliphatic carbocycles. The van der Waals surface area contributed by atoms with Crippen molar-refractivity contribution in [2.45, 2.75) is 53.0 Å². The number of thiazole rings is 1. The maximum Gasteiger partial charge on any atom is 0.282 e. The number of carbonyl (C=O) groups excluding carboxylic acids is 1. The maximum atomic E-state index is 14.0. The molecule has 5 rings (SSSR count). The second kappa shape index (κ2) is 11.8. The number of aromatic amines is 1. The number of alkyl halides is 3. The summed E-state index contributed by atoms with van der Waals surface area (Å²) in [6, 6.07) is 5.52. The molecule has 8 nitrogen and oxygen atoms in total. The van der Waals surface area contributed by atoms with Crippen LogP contribution in [0.15, 0.2) is 40.9 Å². The van der Waals surface area contributed by atoms with Crippen LogP contribution in [0.2, 0.25) is 0 Å². The summed E-state index contributed by atoms with van der Waals surface area (Å²) in [5.41, 5.74) is 7.49. The summed E-state index contributed by atoms with van der Waals surface area (Å²) >= 11 is 1.51. The lowest BCUT2D eigenvalue weighted by molar-refractivity contribution is -0.0688. The number of piperazine rings is 1. The van der Waals surface area contributed by atoms with Crippen molar-refractivity contribution in [2.75, 3.05) is 26.2 Å². The number of fused-ring (bicyclic) bond motifs is 1. The Hall–Kier alpha value is -3.48. The molecule has 41 heavy (non-hydrogen) atoms. The van der Waals surface area contributed by atoms with E-state index in [2.05, 4.69) is 24.6 Å². The molecule has 1 saturated heterocycles. The highest BCUT2D eigenvalue weighted by molar-refractivity contribution is 7.13. The predicted octanol–water partition coefficient (Wildman–Crippen LogP) is 4.85. The van der Waals surface area contributed by atoms with Gasteiger partial charge in [0.2, 0.25) is 6.30 Å². The van der Waals surface area contributed by atoms with E-state index in [1.165, 1.54) is 16.2 Å². The molecule has 4 aromatic heterocycles. The number of halogens is 3. The van der Waals surface area contributed by atoms with Crippen LogP contribution < -0.4 is 10.9 Å². The summed E-state index contributed by atoms with van der Waals surface area (Å²) in [5.74, 6) is -0.305. The Bertz CT molecular complexity index is 1610. The Balaban J connectivity index is 1.49. The number of hydrogen-bond donors (Lipinski definition) is 2. The molecule has 4 aromatic rings. The topological polar surface area (TPSA) is 85.7 Å². The number of amides is 1. The normalized spacial score (nSPS) is 16.4. The zero-order valence-corrected chi connectivity index (χ0v) is 24.2. The lowest BCUT2D eigenvalue weighted by Crippen LogP contribution is -2.51. The van der Waals surface area contributed by atoms with Gasteiger partial charge in [0, 0.05) is 84.8 Å². The molecule has 2 atom stereocenters. The van der Waals surface area contributed by atoms with Gasteiger partial charge >= 0.3 is 0 Å². The van der Waals surface area contributed by atoms with Crippen LogP contribution in [0.5, 0.6) is 0 Å². The molecule has 2 unspecified atom stereocenters. The molecule has 0 bridgehead atoms. The van der Waals surface area contributed by atoms with Gasteiger partial charge in [-0.2, -0.15) is 0 Å². The molecule has 12 heteroatoms. The first kappa shape index (κ1) is 29.0. The van der Waals surface area contributed by atoms with Crippen molar-refractivity contribution in [3.63, 3.8) is 0 Å². The van der Waals surface area contributed by atoms with Gasteiger partial charge in [-0.1, -0.05) is 0 Å². The summed E-state index contributed by atoms with van der Waals surface area (Å²) < 4.78 is 41.9. The van der Waals surface area contributed by atoms with Gasteiger partial charge in [0.05, 0.1) is 10.4 Å². The number of pyridine rings is 2. The number of nitrogens with one attached hydrogen (secondary N) is 2. The third-order valence-electron chi connectivity index (χ3n) is 7.92. The van der Waals surface area contributed by atoms with Crippen LogP contribution in [0.1, 0.15) is 51.4 Å². The summed E-state index contributed by atoms with van der Waals surface area (Å²) in [6.45, 7) is 8.82. The average Bonchev–Trinajstić information content (AvgIpc) is 3.61. The molecule has 0 saturated carbocycles. The van der Waals surface area contributed by atoms with Crippen LogP contribution in [0.25, 0.3) is 16.0 Å². The van der Waals surface area contributed by atoms with Crippen LogP contribution >= 0.6 is 11.3 Å². The van der Waals surface area contributed by atoms with E-state index in [0.717, 1.165) is 38.5 Å². The number of hydrogen-bond acceptors (Lipinski definition) is 6. The number of carbonyl (C=O) groups is 1. The molecule has 1 aliphatic heterocycles. The second-order valence-electron chi connectivity index (χ2n) is 10.5. The van der Waals surface area contributed by atoms with Crippen LogP contribution in [0.3, 0.4) is 0 Å². The monoisotopic (exact) mass is 586 g/mol. The minimum Gasteiger partial charge on any atom is -0.348 e. The van der Waals surface area contributed by atoms with Crippen molar-refractivity contribution >= 4 is 22.8 Å². The van der Waals surface area contributed by atoms with Crippen molar-refractivity contribution in [3.8, 4) is 10.4 Å². The molecule has 0 radical (unpaired) electrons. The van der Waals surface area contributed by atoms with Crippen molar-refractivity contribution in [1.29, 1.82) is 0 Å². The van der Waals surface area contributed by atoms with E-state index in [9.17, 15) is 22.8 Å². The van der Waals surface area contributed by atoms with Crippen molar-refractivity contribution in [3.05, 3.63) is 80.1 Å². The third kappa shape index (κ3) is 5.81. The first-order chi connectivity index (χ1) is 19.5. The summed E-state index contributed by atoms with van der Waals surface area (Å²) in [4.78, 5) is 37.3. The van der Waals surface area contributed by atoms with Gasteiger partial charge in [-0.15, -0.1) is 11.3 Å². The SMILES string of the molecule is Cc1cc(C)c(CNC(=O)c2cc3cc(-c4cncs4)cn3c(C(C)N3CCN(C(F)C(F)F)CC3)c2C)c(=O)[nH]1.